The molecular formula is C14H17ClF3NO2S. The molecule has 0 radical (unpaired) electrons. The summed E-state index contributed by atoms with van der Waals surface area (Å²) in [5.41, 5.74) is -1.03. The second-order valence-electron chi connectivity index (χ2n) is 5.50. The number of hydrogen-bond acceptors (Lipinski definition) is 2. The molecule has 8 heteroatoms. The Morgan fingerprint density at radius 2 is 1.82 bits per heavy atom. The van der Waals surface area contributed by atoms with Gasteiger partial charge in [0.05, 0.1) is 10.6 Å². The molecule has 0 aliphatic heterocycles. The van der Waals surface area contributed by atoms with Gasteiger partial charge in [-0.1, -0.05) is 30.9 Å². The quantitative estimate of drug-likeness (QED) is 0.879. The van der Waals surface area contributed by atoms with Crippen molar-refractivity contribution >= 4 is 21.6 Å². The van der Waals surface area contributed by atoms with Crippen molar-refractivity contribution < 1.29 is 21.6 Å². The Morgan fingerprint density at radius 1 is 1.18 bits per heavy atom. The molecule has 1 aliphatic carbocycles. The summed E-state index contributed by atoms with van der Waals surface area (Å²) in [4.78, 5) is -0.528. The zero-order valence-corrected chi connectivity index (χ0v) is 13.4. The molecule has 1 saturated carbocycles. The Morgan fingerprint density at radius 3 is 2.41 bits per heavy atom. The first-order chi connectivity index (χ1) is 10.2. The molecule has 1 fully saturated rings. The van der Waals surface area contributed by atoms with Crippen LogP contribution in [0.4, 0.5) is 13.2 Å². The highest BCUT2D eigenvalue weighted by molar-refractivity contribution is 7.89. The topological polar surface area (TPSA) is 46.2 Å². The third kappa shape index (κ3) is 4.36. The van der Waals surface area contributed by atoms with Gasteiger partial charge >= 0.3 is 6.18 Å². The Kier molecular flexibility index (Phi) is 5.40. The van der Waals surface area contributed by atoms with E-state index >= 15 is 0 Å². The molecule has 22 heavy (non-hydrogen) atoms. The van der Waals surface area contributed by atoms with Crippen LogP contribution in [0.3, 0.4) is 0 Å². The molecule has 1 aliphatic rings. The van der Waals surface area contributed by atoms with Gasteiger partial charge < -0.3 is 0 Å². The summed E-state index contributed by atoms with van der Waals surface area (Å²) in [7, 11) is -4.06. The lowest BCUT2D eigenvalue weighted by atomic mass is 9.90. The van der Waals surface area contributed by atoms with E-state index in [9.17, 15) is 21.6 Å². The van der Waals surface area contributed by atoms with E-state index in [2.05, 4.69) is 4.72 Å². The highest BCUT2D eigenvalue weighted by Crippen LogP contribution is 2.33. The molecule has 0 bridgehead atoms. The Hall–Kier alpha value is -0.790. The second kappa shape index (κ2) is 6.76. The predicted molar refractivity (Wildman–Crippen MR) is 78.2 cm³/mol. The van der Waals surface area contributed by atoms with Crippen LogP contribution in [0.5, 0.6) is 0 Å². The van der Waals surface area contributed by atoms with Crippen LogP contribution in [-0.2, 0) is 16.2 Å². The van der Waals surface area contributed by atoms with Crippen molar-refractivity contribution in [1.82, 2.24) is 4.72 Å². The number of benzene rings is 1. The van der Waals surface area contributed by atoms with E-state index in [4.69, 9.17) is 11.6 Å². The number of rotatable bonds is 4. The average molecular weight is 356 g/mol. The zero-order chi connectivity index (χ0) is 16.4. The maximum atomic E-state index is 12.7. The van der Waals surface area contributed by atoms with Crippen LogP contribution < -0.4 is 4.72 Å². The Labute approximate surface area is 132 Å². The molecule has 124 valence electrons. The van der Waals surface area contributed by atoms with Gasteiger partial charge in [0.2, 0.25) is 10.0 Å². The SMILES string of the molecule is O=S(=O)(NCC1CCCCC1)c1cc(C(F)(F)F)ccc1Cl. The highest BCUT2D eigenvalue weighted by Gasteiger charge is 2.32. The van der Waals surface area contributed by atoms with Crippen molar-refractivity contribution in [1.29, 1.82) is 0 Å². The fourth-order valence-corrected chi connectivity index (χ4v) is 4.22. The van der Waals surface area contributed by atoms with Crippen molar-refractivity contribution in [2.24, 2.45) is 5.92 Å². The summed E-state index contributed by atoms with van der Waals surface area (Å²) in [5.74, 6) is 0.230. The van der Waals surface area contributed by atoms with Crippen LogP contribution in [0.2, 0.25) is 5.02 Å². The fraction of sp³-hybridized carbons (Fsp3) is 0.571. The molecule has 0 heterocycles. The third-order valence-electron chi connectivity index (χ3n) is 3.83. The van der Waals surface area contributed by atoms with Gasteiger partial charge in [0, 0.05) is 6.54 Å². The molecule has 1 aromatic rings. The minimum Gasteiger partial charge on any atom is -0.211 e. The van der Waals surface area contributed by atoms with Gasteiger partial charge in [0.25, 0.3) is 0 Å². The van der Waals surface area contributed by atoms with E-state index in [1.165, 1.54) is 0 Å². The van der Waals surface area contributed by atoms with Gasteiger partial charge in [-0.15, -0.1) is 0 Å². The van der Waals surface area contributed by atoms with Gasteiger partial charge in [0.15, 0.2) is 0 Å². The molecule has 2 rings (SSSR count). The summed E-state index contributed by atoms with van der Waals surface area (Å²) in [6, 6.07) is 2.30. The van der Waals surface area contributed by atoms with Crippen molar-refractivity contribution in [3.05, 3.63) is 28.8 Å². The van der Waals surface area contributed by atoms with E-state index in [0.717, 1.165) is 44.2 Å². The minimum absolute atomic E-state index is 0.218. The summed E-state index contributed by atoms with van der Waals surface area (Å²) in [6.45, 7) is 0.231. The van der Waals surface area contributed by atoms with Crippen molar-refractivity contribution in [3.8, 4) is 0 Å². The first kappa shape index (κ1) is 17.6. The molecule has 0 spiro atoms. The van der Waals surface area contributed by atoms with Crippen LogP contribution in [0.1, 0.15) is 37.7 Å². The molecule has 1 N–H and O–H groups in total. The van der Waals surface area contributed by atoms with Crippen molar-refractivity contribution in [2.75, 3.05) is 6.54 Å². The predicted octanol–water partition coefficient (Wildman–Crippen LogP) is 4.22. The van der Waals surface area contributed by atoms with E-state index in [0.29, 0.717) is 6.07 Å². The normalized spacial score (nSPS) is 17.6. The third-order valence-corrected chi connectivity index (χ3v) is 5.74. The molecule has 0 saturated heterocycles. The van der Waals surface area contributed by atoms with Gasteiger partial charge in [0.1, 0.15) is 4.90 Å². The molecule has 0 aromatic heterocycles. The Balaban J connectivity index is 2.17. The first-order valence-electron chi connectivity index (χ1n) is 7.06. The minimum atomic E-state index is -4.61. The lowest BCUT2D eigenvalue weighted by Gasteiger charge is -2.22. The summed E-state index contributed by atoms with van der Waals surface area (Å²) in [5, 5.41) is -0.218. The lowest BCUT2D eigenvalue weighted by molar-refractivity contribution is -0.137. The number of hydrogen-bond donors (Lipinski definition) is 1. The fourth-order valence-electron chi connectivity index (χ4n) is 2.58. The van der Waals surface area contributed by atoms with Gasteiger partial charge in [-0.2, -0.15) is 13.2 Å². The maximum absolute atomic E-state index is 12.7. The molecule has 3 nitrogen and oxygen atoms in total. The van der Waals surface area contributed by atoms with Crippen molar-refractivity contribution in [3.63, 3.8) is 0 Å². The largest absolute Gasteiger partial charge is 0.416 e. The van der Waals surface area contributed by atoms with Gasteiger partial charge in [-0.3, -0.25) is 0 Å². The highest BCUT2D eigenvalue weighted by atomic mass is 35.5. The smallest absolute Gasteiger partial charge is 0.211 e. The number of alkyl halides is 3. The number of halogens is 4. The molecule has 0 unspecified atom stereocenters. The molecule has 0 atom stereocenters. The second-order valence-corrected chi connectivity index (χ2v) is 7.64. The Bertz CT molecular complexity index is 625. The summed E-state index contributed by atoms with van der Waals surface area (Å²) < 4.78 is 64.9. The van der Waals surface area contributed by atoms with E-state index in [-0.39, 0.29) is 17.5 Å². The molecular weight excluding hydrogens is 339 g/mol. The number of nitrogens with one attached hydrogen (secondary N) is 1. The van der Waals surface area contributed by atoms with Crippen LogP contribution in [0.25, 0.3) is 0 Å². The molecule has 0 amide bonds. The van der Waals surface area contributed by atoms with E-state index in [1.54, 1.807) is 0 Å². The summed E-state index contributed by atoms with van der Waals surface area (Å²) >= 11 is 5.77. The van der Waals surface area contributed by atoms with Gasteiger partial charge in [-0.25, -0.2) is 13.1 Å². The molecule has 1 aromatic carbocycles. The zero-order valence-electron chi connectivity index (χ0n) is 11.8. The van der Waals surface area contributed by atoms with Crippen LogP contribution in [0, 0.1) is 5.92 Å². The maximum Gasteiger partial charge on any atom is 0.416 e. The van der Waals surface area contributed by atoms with Gasteiger partial charge in [-0.05, 0) is 37.0 Å². The van der Waals surface area contributed by atoms with E-state index < -0.39 is 26.7 Å². The lowest BCUT2D eigenvalue weighted by Crippen LogP contribution is -2.30. The van der Waals surface area contributed by atoms with Crippen LogP contribution in [0.15, 0.2) is 23.1 Å². The van der Waals surface area contributed by atoms with E-state index in [1.807, 2.05) is 0 Å². The monoisotopic (exact) mass is 355 g/mol. The summed E-state index contributed by atoms with van der Waals surface area (Å²) in [6.07, 6.45) is 0.492. The van der Waals surface area contributed by atoms with Crippen LogP contribution >= 0.6 is 11.6 Å². The van der Waals surface area contributed by atoms with Crippen LogP contribution in [-0.4, -0.2) is 15.0 Å². The average Bonchev–Trinajstić information content (AvgIpc) is 2.45. The standard InChI is InChI=1S/C14H17ClF3NO2S/c15-12-7-6-11(14(16,17)18)8-13(12)22(20,21)19-9-10-4-2-1-3-5-10/h6-8,10,19H,1-5,9H2. The number of sulfonamides is 1. The van der Waals surface area contributed by atoms with Crippen molar-refractivity contribution in [2.45, 2.75) is 43.2 Å². The first-order valence-corrected chi connectivity index (χ1v) is 8.92.